The van der Waals surface area contributed by atoms with E-state index >= 15 is 0 Å². The zero-order valence-electron chi connectivity index (χ0n) is 16.2. The lowest BCUT2D eigenvalue weighted by atomic mass is 9.79. The van der Waals surface area contributed by atoms with Crippen molar-refractivity contribution in [3.8, 4) is 0 Å². The molecule has 0 heterocycles. The maximum absolute atomic E-state index is 13.3. The fourth-order valence-electron chi connectivity index (χ4n) is 3.94. The van der Waals surface area contributed by atoms with Gasteiger partial charge in [0.15, 0.2) is 5.11 Å². The summed E-state index contributed by atoms with van der Waals surface area (Å²) in [7, 11) is 1.37. The maximum Gasteiger partial charge on any atom is 0.338 e. The highest BCUT2D eigenvalue weighted by molar-refractivity contribution is 7.80. The van der Waals surface area contributed by atoms with Crippen molar-refractivity contribution in [3.63, 3.8) is 0 Å². The van der Waals surface area contributed by atoms with Gasteiger partial charge >= 0.3 is 5.97 Å². The van der Waals surface area contributed by atoms with E-state index in [-0.39, 0.29) is 17.2 Å². The second kappa shape index (κ2) is 8.69. The molecule has 28 heavy (non-hydrogen) atoms. The van der Waals surface area contributed by atoms with Gasteiger partial charge in [0.2, 0.25) is 0 Å². The number of ether oxygens (including phenoxy) is 1. The fraction of sp³-hybridized carbons (Fsp3) is 0.364. The molecule has 2 aromatic rings. The molecule has 6 heteroatoms. The van der Waals surface area contributed by atoms with Gasteiger partial charge < -0.3 is 15.4 Å². The quantitative estimate of drug-likeness (QED) is 0.562. The molecule has 0 amide bonds. The minimum absolute atomic E-state index is 0.0393. The highest BCUT2D eigenvalue weighted by atomic mass is 32.1. The number of methoxy groups -OCH3 is 1. The molecule has 1 saturated carbocycles. The Morgan fingerprint density at radius 1 is 1.18 bits per heavy atom. The van der Waals surface area contributed by atoms with Gasteiger partial charge in [0.1, 0.15) is 5.82 Å². The van der Waals surface area contributed by atoms with Gasteiger partial charge in [-0.2, -0.15) is 0 Å². The summed E-state index contributed by atoms with van der Waals surface area (Å²) < 4.78 is 18.1. The van der Waals surface area contributed by atoms with Crippen LogP contribution in [-0.2, 0) is 10.2 Å². The van der Waals surface area contributed by atoms with E-state index < -0.39 is 0 Å². The van der Waals surface area contributed by atoms with Crippen molar-refractivity contribution >= 4 is 29.0 Å². The lowest BCUT2D eigenvalue weighted by molar-refractivity contribution is 0.0600. The third-order valence-corrected chi connectivity index (χ3v) is 5.84. The molecule has 0 aliphatic heterocycles. The minimum Gasteiger partial charge on any atom is -0.465 e. The Hall–Kier alpha value is -2.47. The lowest BCUT2D eigenvalue weighted by Crippen LogP contribution is -2.40. The topological polar surface area (TPSA) is 50.4 Å². The van der Waals surface area contributed by atoms with Crippen LogP contribution in [0.4, 0.5) is 10.1 Å². The number of nitrogens with one attached hydrogen (secondary N) is 2. The molecule has 0 radical (unpaired) electrons. The Labute approximate surface area is 170 Å². The van der Waals surface area contributed by atoms with Gasteiger partial charge in [-0.3, -0.25) is 0 Å². The van der Waals surface area contributed by atoms with E-state index in [0.717, 1.165) is 42.5 Å². The molecule has 0 atom stereocenters. The van der Waals surface area contributed by atoms with Gasteiger partial charge in [0.05, 0.1) is 12.7 Å². The first-order valence-electron chi connectivity index (χ1n) is 9.44. The van der Waals surface area contributed by atoms with Gasteiger partial charge in [-0.15, -0.1) is 0 Å². The van der Waals surface area contributed by atoms with Crippen LogP contribution in [0.3, 0.4) is 0 Å². The van der Waals surface area contributed by atoms with Gasteiger partial charge in [0, 0.05) is 17.6 Å². The van der Waals surface area contributed by atoms with Crippen molar-refractivity contribution in [3.05, 3.63) is 65.0 Å². The summed E-state index contributed by atoms with van der Waals surface area (Å²) in [6.07, 6.45) is 4.40. The van der Waals surface area contributed by atoms with Crippen LogP contribution < -0.4 is 10.6 Å². The van der Waals surface area contributed by atoms with Crippen molar-refractivity contribution in [1.82, 2.24) is 5.32 Å². The highest BCUT2D eigenvalue weighted by Crippen LogP contribution is 2.40. The van der Waals surface area contributed by atoms with E-state index in [1.807, 2.05) is 25.1 Å². The molecule has 0 bridgehead atoms. The zero-order chi connectivity index (χ0) is 20.1. The van der Waals surface area contributed by atoms with E-state index in [0.29, 0.717) is 17.2 Å². The average molecular weight is 401 g/mol. The van der Waals surface area contributed by atoms with E-state index in [1.165, 1.54) is 19.2 Å². The molecular weight excluding hydrogens is 375 g/mol. The molecule has 0 saturated heterocycles. The Kier molecular flexibility index (Phi) is 6.29. The fourth-order valence-corrected chi connectivity index (χ4v) is 4.12. The first-order chi connectivity index (χ1) is 13.4. The molecule has 3 rings (SSSR count). The van der Waals surface area contributed by atoms with Crippen molar-refractivity contribution < 1.29 is 13.9 Å². The van der Waals surface area contributed by atoms with E-state index in [9.17, 15) is 9.18 Å². The number of hydrogen-bond acceptors (Lipinski definition) is 3. The number of carbonyl (C=O) groups excluding carboxylic acids is 1. The summed E-state index contributed by atoms with van der Waals surface area (Å²) in [5.74, 6) is -0.593. The molecule has 0 spiro atoms. The molecular formula is C22H25FN2O2S. The molecule has 2 N–H and O–H groups in total. The Morgan fingerprint density at radius 3 is 2.50 bits per heavy atom. The SMILES string of the molecule is COC(=O)c1cccc(NC(=S)NCC2(c3ccc(F)cc3)CCCC2)c1C. The number of esters is 1. The molecule has 0 aromatic heterocycles. The second-order valence-corrected chi connectivity index (χ2v) is 7.68. The predicted octanol–water partition coefficient (Wildman–Crippen LogP) is 4.72. The number of anilines is 1. The molecule has 1 aliphatic carbocycles. The lowest BCUT2D eigenvalue weighted by Gasteiger charge is -2.30. The summed E-state index contributed by atoms with van der Waals surface area (Å²) >= 11 is 5.49. The number of rotatable bonds is 5. The number of benzene rings is 2. The molecule has 1 fully saturated rings. The maximum atomic E-state index is 13.3. The van der Waals surface area contributed by atoms with E-state index in [1.54, 1.807) is 12.1 Å². The normalized spacial score (nSPS) is 15.1. The van der Waals surface area contributed by atoms with Crippen LogP contribution in [0.25, 0.3) is 0 Å². The van der Waals surface area contributed by atoms with Crippen LogP contribution in [0.15, 0.2) is 42.5 Å². The average Bonchev–Trinajstić information content (AvgIpc) is 3.18. The summed E-state index contributed by atoms with van der Waals surface area (Å²) in [6.45, 7) is 2.54. The van der Waals surface area contributed by atoms with Gasteiger partial charge in [-0.05, 0) is 67.4 Å². The van der Waals surface area contributed by atoms with Crippen LogP contribution in [0.1, 0.15) is 47.2 Å². The van der Waals surface area contributed by atoms with Crippen LogP contribution >= 0.6 is 12.2 Å². The standard InChI is InChI=1S/C22H25FN2O2S/c1-15-18(20(26)27-2)6-5-7-19(15)25-21(28)24-14-22(12-3-4-13-22)16-8-10-17(23)11-9-16/h5-11H,3-4,12-14H2,1-2H3,(H2,24,25,28). The van der Waals surface area contributed by atoms with Crippen LogP contribution in [0, 0.1) is 12.7 Å². The number of thiocarbonyl (C=S) groups is 1. The monoisotopic (exact) mass is 400 g/mol. The third kappa shape index (κ3) is 4.33. The summed E-state index contributed by atoms with van der Waals surface area (Å²) in [6, 6.07) is 12.2. The van der Waals surface area contributed by atoms with Gasteiger partial charge in [-0.25, -0.2) is 9.18 Å². The summed E-state index contributed by atoms with van der Waals surface area (Å²) in [4.78, 5) is 11.9. The first kappa shape index (κ1) is 20.3. The Balaban J connectivity index is 1.69. The molecule has 4 nitrogen and oxygen atoms in total. The van der Waals surface area contributed by atoms with Crippen LogP contribution in [0.2, 0.25) is 0 Å². The predicted molar refractivity (Wildman–Crippen MR) is 113 cm³/mol. The van der Waals surface area contributed by atoms with Crippen molar-refractivity contribution in [2.24, 2.45) is 0 Å². The Morgan fingerprint density at radius 2 is 1.86 bits per heavy atom. The number of halogens is 1. The van der Waals surface area contributed by atoms with E-state index in [4.69, 9.17) is 17.0 Å². The summed E-state index contributed by atoms with van der Waals surface area (Å²) in [5, 5.41) is 7.01. The number of carbonyl (C=O) groups is 1. The largest absolute Gasteiger partial charge is 0.465 e. The van der Waals surface area contributed by atoms with Crippen molar-refractivity contribution in [1.29, 1.82) is 0 Å². The smallest absolute Gasteiger partial charge is 0.338 e. The third-order valence-electron chi connectivity index (χ3n) is 5.59. The second-order valence-electron chi connectivity index (χ2n) is 7.27. The molecule has 2 aromatic carbocycles. The van der Waals surface area contributed by atoms with E-state index in [2.05, 4.69) is 10.6 Å². The first-order valence-corrected chi connectivity index (χ1v) is 9.85. The number of hydrogen-bond donors (Lipinski definition) is 2. The molecule has 148 valence electrons. The molecule has 1 aliphatic rings. The summed E-state index contributed by atoms with van der Waals surface area (Å²) in [5.41, 5.74) is 3.16. The van der Waals surface area contributed by atoms with Crippen LogP contribution in [0.5, 0.6) is 0 Å². The Bertz CT molecular complexity index is 861. The highest BCUT2D eigenvalue weighted by Gasteiger charge is 2.35. The minimum atomic E-state index is -0.374. The van der Waals surface area contributed by atoms with Crippen molar-refractivity contribution in [2.75, 3.05) is 19.0 Å². The van der Waals surface area contributed by atoms with Gasteiger partial charge in [0.25, 0.3) is 0 Å². The zero-order valence-corrected chi connectivity index (χ0v) is 17.0. The van der Waals surface area contributed by atoms with Gasteiger partial charge in [-0.1, -0.05) is 31.0 Å². The molecule has 0 unspecified atom stereocenters. The van der Waals surface area contributed by atoms with Crippen molar-refractivity contribution in [2.45, 2.75) is 38.0 Å². The van der Waals surface area contributed by atoms with Crippen LogP contribution in [-0.4, -0.2) is 24.7 Å².